The van der Waals surface area contributed by atoms with Crippen molar-refractivity contribution in [3.8, 4) is 0 Å². The van der Waals surface area contributed by atoms with E-state index in [0.29, 0.717) is 4.90 Å². The normalized spacial score (nSPS) is 11.3. The van der Waals surface area contributed by atoms with Gasteiger partial charge >= 0.3 is 0 Å². The van der Waals surface area contributed by atoms with Crippen LogP contribution >= 0.6 is 22.5 Å². The van der Waals surface area contributed by atoms with Gasteiger partial charge in [-0.25, -0.2) is 8.42 Å². The first kappa shape index (κ1) is 12.3. The van der Waals surface area contributed by atoms with E-state index in [1.54, 1.807) is 0 Å². The van der Waals surface area contributed by atoms with Crippen LogP contribution in [0.5, 0.6) is 0 Å². The van der Waals surface area contributed by atoms with Crippen molar-refractivity contribution in [3.05, 3.63) is 28.3 Å². The zero-order chi connectivity index (χ0) is 11.6. The first-order valence-electron chi connectivity index (χ1n) is 3.66. The van der Waals surface area contributed by atoms with Gasteiger partial charge in [0.1, 0.15) is 0 Å². The second-order valence-electron chi connectivity index (χ2n) is 2.75. The summed E-state index contributed by atoms with van der Waals surface area (Å²) >= 11 is 3.84. The maximum Gasteiger partial charge on any atom is 0.285 e. The van der Waals surface area contributed by atoms with Crippen LogP contribution in [0.15, 0.2) is 28.0 Å². The summed E-state index contributed by atoms with van der Waals surface area (Å²) in [5, 5.41) is 10.6. The van der Waals surface area contributed by atoms with Crippen LogP contribution in [-0.2, 0) is 9.84 Å². The van der Waals surface area contributed by atoms with E-state index in [4.69, 9.17) is 0 Å². The Kier molecular flexibility index (Phi) is 3.63. The van der Waals surface area contributed by atoms with Crippen molar-refractivity contribution < 1.29 is 13.3 Å². The number of thiol groups is 1. The molecule has 0 unspecified atom stereocenters. The fourth-order valence-electron chi connectivity index (χ4n) is 0.948. The third kappa shape index (κ3) is 2.86. The van der Waals surface area contributed by atoms with Crippen LogP contribution in [0.25, 0.3) is 0 Å². The summed E-state index contributed by atoms with van der Waals surface area (Å²) in [5.74, 6) is 0. The minimum Gasteiger partial charge on any atom is -0.258 e. The second kappa shape index (κ2) is 4.42. The Morgan fingerprint density at radius 2 is 2.07 bits per heavy atom. The van der Waals surface area contributed by atoms with Crippen LogP contribution in [0.2, 0.25) is 0 Å². The summed E-state index contributed by atoms with van der Waals surface area (Å²) in [6.07, 6.45) is 1.000. The van der Waals surface area contributed by atoms with Crippen LogP contribution in [0.1, 0.15) is 0 Å². The highest BCUT2D eigenvalue weighted by Crippen LogP contribution is 2.32. The molecule has 0 bridgehead atoms. The maximum atomic E-state index is 11.2. The van der Waals surface area contributed by atoms with Gasteiger partial charge in [-0.15, -0.1) is 11.7 Å². The van der Waals surface area contributed by atoms with Crippen molar-refractivity contribution in [2.24, 2.45) is 0 Å². The molecule has 0 saturated heterocycles. The van der Waals surface area contributed by atoms with Crippen molar-refractivity contribution in [2.75, 3.05) is 6.26 Å². The number of benzene rings is 1. The fourth-order valence-corrected chi connectivity index (χ4v) is 2.41. The molecule has 0 aliphatic rings. The summed E-state index contributed by atoms with van der Waals surface area (Å²) in [6.45, 7) is 0. The van der Waals surface area contributed by atoms with E-state index in [1.807, 2.05) is 0 Å². The molecule has 0 radical (unpaired) electrons. The van der Waals surface area contributed by atoms with E-state index in [2.05, 4.69) is 11.7 Å². The summed E-state index contributed by atoms with van der Waals surface area (Å²) in [7, 11) is -2.52. The van der Waals surface area contributed by atoms with Gasteiger partial charge < -0.3 is 0 Å². The molecule has 0 aromatic heterocycles. The molecule has 5 nitrogen and oxygen atoms in total. The average Bonchev–Trinajstić information content (AvgIpc) is 2.15. The number of nitro groups is 1. The first-order chi connectivity index (χ1) is 6.86. The van der Waals surface area contributed by atoms with E-state index in [9.17, 15) is 18.5 Å². The van der Waals surface area contributed by atoms with E-state index >= 15 is 0 Å². The predicted octanol–water partition coefficient (Wildman–Crippen LogP) is 1.94. The van der Waals surface area contributed by atoms with Crippen LogP contribution in [-0.4, -0.2) is 19.6 Å². The van der Waals surface area contributed by atoms with Gasteiger partial charge in [0.05, 0.1) is 14.7 Å². The van der Waals surface area contributed by atoms with Crippen molar-refractivity contribution in [1.82, 2.24) is 0 Å². The molecule has 1 aromatic rings. The molecule has 0 spiro atoms. The molecule has 0 N–H and O–H groups in total. The molecular weight excluding hydrogens is 258 g/mol. The van der Waals surface area contributed by atoms with Crippen LogP contribution in [0.4, 0.5) is 5.69 Å². The molecule has 0 atom stereocenters. The Hall–Kier alpha value is -0.730. The Balaban J connectivity index is 3.42. The highest BCUT2D eigenvalue weighted by Gasteiger charge is 2.18. The number of sulfone groups is 1. The number of hydrogen-bond acceptors (Lipinski definition) is 6. The molecule has 82 valence electrons. The highest BCUT2D eigenvalue weighted by molar-refractivity contribution is 8.68. The standard InChI is InChI=1S/C7H7NO4S3/c1-15(11,12)5-2-3-7(14-13)6(4-5)8(9)10/h2-4,13H,1H3. The smallest absolute Gasteiger partial charge is 0.258 e. The molecule has 0 amide bonds. The summed E-state index contributed by atoms with van der Waals surface area (Å²) < 4.78 is 22.3. The first-order valence-corrected chi connectivity index (χ1v) is 7.42. The minimum atomic E-state index is -3.42. The Bertz CT molecular complexity index is 497. The largest absolute Gasteiger partial charge is 0.285 e. The Labute approximate surface area is 95.8 Å². The topological polar surface area (TPSA) is 77.3 Å². The lowest BCUT2D eigenvalue weighted by molar-refractivity contribution is -0.387. The number of nitrogens with zero attached hydrogens (tertiary/aromatic N) is 1. The van der Waals surface area contributed by atoms with Gasteiger partial charge in [0.15, 0.2) is 9.84 Å². The lowest BCUT2D eigenvalue weighted by Crippen LogP contribution is -1.99. The molecule has 1 rings (SSSR count). The van der Waals surface area contributed by atoms with Crippen LogP contribution in [0.3, 0.4) is 0 Å². The quantitative estimate of drug-likeness (QED) is 0.391. The van der Waals surface area contributed by atoms with Gasteiger partial charge in [0.2, 0.25) is 0 Å². The molecule has 0 saturated carbocycles. The Morgan fingerprint density at radius 3 is 2.47 bits per heavy atom. The summed E-state index contributed by atoms with van der Waals surface area (Å²) in [5.41, 5.74) is -0.252. The van der Waals surface area contributed by atoms with E-state index in [-0.39, 0.29) is 10.6 Å². The van der Waals surface area contributed by atoms with Crippen LogP contribution < -0.4 is 0 Å². The Morgan fingerprint density at radius 1 is 1.47 bits per heavy atom. The summed E-state index contributed by atoms with van der Waals surface area (Å²) in [6, 6.07) is 3.72. The van der Waals surface area contributed by atoms with Gasteiger partial charge in [0, 0.05) is 12.3 Å². The van der Waals surface area contributed by atoms with Crippen molar-refractivity contribution in [2.45, 2.75) is 9.79 Å². The monoisotopic (exact) mass is 265 g/mol. The van der Waals surface area contributed by atoms with E-state index in [1.165, 1.54) is 12.1 Å². The fraction of sp³-hybridized carbons (Fsp3) is 0.143. The zero-order valence-corrected chi connectivity index (χ0v) is 10.1. The number of hydrogen-bond donors (Lipinski definition) is 1. The van der Waals surface area contributed by atoms with Crippen LogP contribution in [0, 0.1) is 10.1 Å². The molecule has 0 heterocycles. The van der Waals surface area contributed by atoms with Gasteiger partial charge in [-0.3, -0.25) is 10.1 Å². The molecule has 15 heavy (non-hydrogen) atoms. The van der Waals surface area contributed by atoms with Gasteiger partial charge in [-0.2, -0.15) is 0 Å². The van der Waals surface area contributed by atoms with Gasteiger partial charge in [-0.1, -0.05) is 10.8 Å². The SMILES string of the molecule is CS(=O)(=O)c1ccc(SS)c([N+](=O)[O-])c1. The average molecular weight is 265 g/mol. The highest BCUT2D eigenvalue weighted by atomic mass is 33.1. The number of nitro benzene ring substituents is 1. The predicted molar refractivity (Wildman–Crippen MR) is 61.0 cm³/mol. The molecular formula is C7H7NO4S3. The summed E-state index contributed by atoms with van der Waals surface area (Å²) in [4.78, 5) is 10.2. The lowest BCUT2D eigenvalue weighted by atomic mass is 10.3. The van der Waals surface area contributed by atoms with Gasteiger partial charge in [-0.05, 0) is 12.1 Å². The zero-order valence-electron chi connectivity index (χ0n) is 7.58. The molecule has 0 aliphatic heterocycles. The number of rotatable bonds is 3. The second-order valence-corrected chi connectivity index (χ2v) is 5.94. The minimum absolute atomic E-state index is 0.0691. The third-order valence-corrected chi connectivity index (χ3v) is 3.90. The third-order valence-electron chi connectivity index (χ3n) is 1.65. The molecule has 0 aliphatic carbocycles. The molecule has 0 fully saturated rings. The van der Waals surface area contributed by atoms with Crippen molar-refractivity contribution >= 4 is 38.0 Å². The van der Waals surface area contributed by atoms with Crippen molar-refractivity contribution in [3.63, 3.8) is 0 Å². The van der Waals surface area contributed by atoms with E-state index < -0.39 is 14.8 Å². The maximum absolute atomic E-state index is 11.2. The lowest BCUT2D eigenvalue weighted by Gasteiger charge is -2.01. The van der Waals surface area contributed by atoms with Crippen molar-refractivity contribution in [1.29, 1.82) is 0 Å². The van der Waals surface area contributed by atoms with Gasteiger partial charge in [0.25, 0.3) is 5.69 Å². The molecule has 8 heteroatoms. The molecule has 1 aromatic carbocycles. The van der Waals surface area contributed by atoms with E-state index in [0.717, 1.165) is 23.1 Å².